The van der Waals surface area contributed by atoms with E-state index >= 15 is 0 Å². The predicted molar refractivity (Wildman–Crippen MR) is 83.8 cm³/mol. The van der Waals surface area contributed by atoms with Crippen LogP contribution in [0.2, 0.25) is 0 Å². The fourth-order valence-corrected chi connectivity index (χ4v) is 3.28. The molecule has 1 aliphatic rings. The number of hydrogen-bond acceptors (Lipinski definition) is 3. The molecule has 0 spiro atoms. The van der Waals surface area contributed by atoms with Crippen LogP contribution in [0.4, 0.5) is 0 Å². The normalized spacial score (nSPS) is 18.0. The van der Waals surface area contributed by atoms with Crippen LogP contribution in [0.1, 0.15) is 35.0 Å². The highest BCUT2D eigenvalue weighted by Gasteiger charge is 2.26. The maximum Gasteiger partial charge on any atom is 0.338 e. The van der Waals surface area contributed by atoms with Crippen LogP contribution in [0.3, 0.4) is 0 Å². The lowest BCUT2D eigenvalue weighted by Gasteiger charge is -2.28. The fourth-order valence-electron chi connectivity index (χ4n) is 3.28. The van der Waals surface area contributed by atoms with Gasteiger partial charge < -0.3 is 14.6 Å². The Kier molecular flexibility index (Phi) is 3.72. The number of aromatic amines is 1. The second kappa shape index (κ2) is 5.53. The second-order valence-electron chi connectivity index (χ2n) is 5.89. The molecule has 1 aliphatic carbocycles. The highest BCUT2D eigenvalue weighted by Crippen LogP contribution is 2.32. The average molecular weight is 286 g/mol. The van der Waals surface area contributed by atoms with Crippen LogP contribution in [0.5, 0.6) is 0 Å². The van der Waals surface area contributed by atoms with Gasteiger partial charge in [-0.05, 0) is 58.0 Å². The number of rotatable bonds is 3. The minimum Gasteiger partial charge on any atom is -0.462 e. The van der Waals surface area contributed by atoms with Gasteiger partial charge >= 0.3 is 5.97 Å². The first-order chi connectivity index (χ1) is 10.1. The molecule has 4 heteroatoms. The summed E-state index contributed by atoms with van der Waals surface area (Å²) in [5.41, 5.74) is 4.30. The molecule has 1 aromatic heterocycles. The molecule has 4 nitrogen and oxygen atoms in total. The molecule has 1 atom stereocenters. The largest absolute Gasteiger partial charge is 0.462 e. The van der Waals surface area contributed by atoms with Crippen molar-refractivity contribution in [2.75, 3.05) is 20.7 Å². The number of nitrogens with zero attached hydrogens (tertiary/aromatic N) is 1. The van der Waals surface area contributed by atoms with E-state index in [0.717, 1.165) is 30.2 Å². The van der Waals surface area contributed by atoms with Gasteiger partial charge in [-0.1, -0.05) is 6.07 Å². The van der Waals surface area contributed by atoms with E-state index in [2.05, 4.69) is 24.0 Å². The first kappa shape index (κ1) is 14.1. The van der Waals surface area contributed by atoms with Crippen LogP contribution < -0.4 is 0 Å². The van der Waals surface area contributed by atoms with Crippen molar-refractivity contribution in [2.24, 2.45) is 0 Å². The summed E-state index contributed by atoms with van der Waals surface area (Å²) in [6, 6.07) is 6.36. The van der Waals surface area contributed by atoms with Crippen molar-refractivity contribution in [3.63, 3.8) is 0 Å². The summed E-state index contributed by atoms with van der Waals surface area (Å²) >= 11 is 0. The first-order valence-electron chi connectivity index (χ1n) is 7.57. The van der Waals surface area contributed by atoms with E-state index < -0.39 is 0 Å². The minimum atomic E-state index is -0.225. The smallest absolute Gasteiger partial charge is 0.338 e. The molecule has 0 saturated carbocycles. The molecule has 1 N–H and O–H groups in total. The zero-order valence-electron chi connectivity index (χ0n) is 12.9. The summed E-state index contributed by atoms with van der Waals surface area (Å²) in [7, 11) is 4.24. The third-order valence-electron chi connectivity index (χ3n) is 4.41. The topological polar surface area (TPSA) is 45.3 Å². The van der Waals surface area contributed by atoms with Gasteiger partial charge in [-0.25, -0.2) is 4.79 Å². The van der Waals surface area contributed by atoms with Gasteiger partial charge in [-0.3, -0.25) is 0 Å². The Morgan fingerprint density at radius 1 is 1.43 bits per heavy atom. The Bertz CT molecular complexity index is 673. The number of aryl methyl sites for hydroxylation is 1. The zero-order chi connectivity index (χ0) is 15.0. The molecule has 0 aliphatic heterocycles. The number of aromatic nitrogens is 1. The van der Waals surface area contributed by atoms with E-state index in [0.29, 0.717) is 18.2 Å². The number of H-pyrrole nitrogens is 1. The summed E-state index contributed by atoms with van der Waals surface area (Å²) in [5.74, 6) is -0.225. The van der Waals surface area contributed by atoms with Gasteiger partial charge in [0, 0.05) is 22.6 Å². The minimum absolute atomic E-state index is 0.225. The summed E-state index contributed by atoms with van der Waals surface area (Å²) < 4.78 is 5.21. The fraction of sp³-hybridized carbons (Fsp3) is 0.471. The molecule has 0 amide bonds. The monoisotopic (exact) mass is 286 g/mol. The van der Waals surface area contributed by atoms with E-state index in [9.17, 15) is 4.79 Å². The third-order valence-corrected chi connectivity index (χ3v) is 4.41. The molecule has 3 rings (SSSR count). The lowest BCUT2D eigenvalue weighted by Crippen LogP contribution is -2.33. The SMILES string of the molecule is CCOC(=O)c1cccc2[nH]c3c(c12)CC(N(C)C)CC3. The molecule has 21 heavy (non-hydrogen) atoms. The molecular formula is C17H22N2O2. The summed E-state index contributed by atoms with van der Waals surface area (Å²) in [6.45, 7) is 2.24. The van der Waals surface area contributed by atoms with Crippen LogP contribution in [0.25, 0.3) is 10.9 Å². The quantitative estimate of drug-likeness (QED) is 0.882. The van der Waals surface area contributed by atoms with Crippen LogP contribution >= 0.6 is 0 Å². The van der Waals surface area contributed by atoms with Gasteiger partial charge in [0.15, 0.2) is 0 Å². The number of fused-ring (bicyclic) bond motifs is 3. The van der Waals surface area contributed by atoms with Gasteiger partial charge in [0.05, 0.1) is 12.2 Å². The van der Waals surface area contributed by atoms with Crippen molar-refractivity contribution in [2.45, 2.75) is 32.2 Å². The van der Waals surface area contributed by atoms with Gasteiger partial charge in [0.25, 0.3) is 0 Å². The Balaban J connectivity index is 2.11. The van der Waals surface area contributed by atoms with E-state index in [1.165, 1.54) is 11.3 Å². The van der Waals surface area contributed by atoms with Crippen LogP contribution in [0, 0.1) is 0 Å². The molecular weight excluding hydrogens is 264 g/mol. The summed E-state index contributed by atoms with van der Waals surface area (Å²) in [6.07, 6.45) is 3.18. The number of ether oxygens (including phenoxy) is 1. The van der Waals surface area contributed by atoms with Crippen molar-refractivity contribution in [3.8, 4) is 0 Å². The van der Waals surface area contributed by atoms with E-state index in [1.807, 2.05) is 25.1 Å². The number of carbonyl (C=O) groups is 1. The maximum atomic E-state index is 12.2. The van der Waals surface area contributed by atoms with Gasteiger partial charge in [0.2, 0.25) is 0 Å². The average Bonchev–Trinajstić information content (AvgIpc) is 2.84. The Morgan fingerprint density at radius 3 is 2.95 bits per heavy atom. The predicted octanol–water partition coefficient (Wildman–Crippen LogP) is 2.76. The Labute approximate surface area is 125 Å². The summed E-state index contributed by atoms with van der Waals surface area (Å²) in [4.78, 5) is 18.0. The van der Waals surface area contributed by atoms with E-state index in [1.54, 1.807) is 0 Å². The zero-order valence-corrected chi connectivity index (χ0v) is 12.9. The third kappa shape index (κ3) is 2.44. The molecule has 0 saturated heterocycles. The van der Waals surface area contributed by atoms with Gasteiger partial charge in [-0.15, -0.1) is 0 Å². The highest BCUT2D eigenvalue weighted by atomic mass is 16.5. The van der Waals surface area contributed by atoms with Crippen molar-refractivity contribution >= 4 is 16.9 Å². The van der Waals surface area contributed by atoms with Crippen molar-refractivity contribution in [1.29, 1.82) is 0 Å². The second-order valence-corrected chi connectivity index (χ2v) is 5.89. The van der Waals surface area contributed by atoms with Crippen molar-refractivity contribution < 1.29 is 9.53 Å². The molecule has 1 unspecified atom stereocenters. The molecule has 0 fully saturated rings. The van der Waals surface area contributed by atoms with E-state index in [-0.39, 0.29) is 5.97 Å². The van der Waals surface area contributed by atoms with E-state index in [4.69, 9.17) is 4.74 Å². The molecule has 112 valence electrons. The van der Waals surface area contributed by atoms with Crippen LogP contribution in [0.15, 0.2) is 18.2 Å². The molecule has 1 heterocycles. The molecule has 0 bridgehead atoms. The van der Waals surface area contributed by atoms with Crippen molar-refractivity contribution in [3.05, 3.63) is 35.0 Å². The maximum absolute atomic E-state index is 12.2. The number of carbonyl (C=O) groups excluding carboxylic acids is 1. The van der Waals surface area contributed by atoms with Crippen LogP contribution in [-0.2, 0) is 17.6 Å². The van der Waals surface area contributed by atoms with Gasteiger partial charge in [0.1, 0.15) is 0 Å². The number of benzene rings is 1. The molecule has 0 radical (unpaired) electrons. The summed E-state index contributed by atoms with van der Waals surface area (Å²) in [5, 5.41) is 1.05. The lowest BCUT2D eigenvalue weighted by atomic mass is 9.89. The molecule has 2 aromatic rings. The highest BCUT2D eigenvalue weighted by molar-refractivity contribution is 6.05. The molecule has 1 aromatic carbocycles. The Morgan fingerprint density at radius 2 is 2.24 bits per heavy atom. The number of esters is 1. The first-order valence-corrected chi connectivity index (χ1v) is 7.57. The Hall–Kier alpha value is -1.81. The van der Waals surface area contributed by atoms with Crippen LogP contribution in [-0.4, -0.2) is 42.6 Å². The lowest BCUT2D eigenvalue weighted by molar-refractivity contribution is 0.0528. The van der Waals surface area contributed by atoms with Gasteiger partial charge in [-0.2, -0.15) is 0 Å². The number of nitrogens with one attached hydrogen (secondary N) is 1. The van der Waals surface area contributed by atoms with Crippen molar-refractivity contribution in [1.82, 2.24) is 9.88 Å². The number of hydrogen-bond donors (Lipinski definition) is 1. The standard InChI is InChI=1S/C17H22N2O2/c1-4-21-17(20)12-6-5-7-15-16(12)13-10-11(19(2)3)8-9-14(13)18-15/h5-7,11,18H,4,8-10H2,1-3H3. The number of likely N-dealkylation sites (N-methyl/N-ethyl adjacent to an activating group) is 1.